The number of hydrogen-bond donors (Lipinski definition) is 1. The van der Waals surface area contributed by atoms with Crippen LogP contribution in [0.1, 0.15) is 31.4 Å². The number of sulfonamides is 1. The Labute approximate surface area is 143 Å². The zero-order chi connectivity index (χ0) is 17.2. The average molecular weight is 345 g/mol. The molecule has 2 heterocycles. The molecule has 2 aromatic rings. The third-order valence-electron chi connectivity index (χ3n) is 4.44. The Morgan fingerprint density at radius 2 is 1.88 bits per heavy atom. The molecule has 6 heteroatoms. The predicted molar refractivity (Wildman–Crippen MR) is 97.4 cm³/mol. The fourth-order valence-corrected chi connectivity index (χ4v) is 3.63. The molecule has 0 spiro atoms. The van der Waals surface area contributed by atoms with E-state index in [0.29, 0.717) is 11.9 Å². The highest BCUT2D eigenvalue weighted by Gasteiger charge is 2.19. The van der Waals surface area contributed by atoms with E-state index in [1.807, 2.05) is 6.07 Å². The van der Waals surface area contributed by atoms with Gasteiger partial charge in [0, 0.05) is 17.8 Å². The number of nitrogens with one attached hydrogen (secondary N) is 1. The Hall–Kier alpha value is -1.92. The van der Waals surface area contributed by atoms with E-state index in [1.165, 1.54) is 31.5 Å². The van der Waals surface area contributed by atoms with Crippen molar-refractivity contribution in [2.24, 2.45) is 0 Å². The van der Waals surface area contributed by atoms with Crippen LogP contribution in [-0.4, -0.2) is 37.6 Å². The Balaban J connectivity index is 1.80. The van der Waals surface area contributed by atoms with Crippen molar-refractivity contribution in [1.29, 1.82) is 0 Å². The van der Waals surface area contributed by atoms with Crippen LogP contribution in [0.5, 0.6) is 0 Å². The third-order valence-corrected chi connectivity index (χ3v) is 5.02. The van der Waals surface area contributed by atoms with Crippen molar-refractivity contribution in [2.75, 3.05) is 24.1 Å². The van der Waals surface area contributed by atoms with Crippen LogP contribution in [0.4, 0.5) is 5.82 Å². The van der Waals surface area contributed by atoms with Crippen LogP contribution in [0.25, 0.3) is 11.1 Å². The van der Waals surface area contributed by atoms with Crippen molar-refractivity contribution in [3.8, 4) is 11.1 Å². The molecule has 1 aliphatic rings. The van der Waals surface area contributed by atoms with Gasteiger partial charge >= 0.3 is 0 Å². The first-order valence-electron chi connectivity index (χ1n) is 8.20. The summed E-state index contributed by atoms with van der Waals surface area (Å²) < 4.78 is 24.9. The van der Waals surface area contributed by atoms with E-state index < -0.39 is 10.0 Å². The van der Waals surface area contributed by atoms with Gasteiger partial charge in [-0.15, -0.1) is 0 Å². The molecule has 5 nitrogen and oxygen atoms in total. The maximum absolute atomic E-state index is 11.2. The second-order valence-corrected chi connectivity index (χ2v) is 8.10. The van der Waals surface area contributed by atoms with Gasteiger partial charge in [0.25, 0.3) is 0 Å². The second kappa shape index (κ2) is 6.91. The lowest BCUT2D eigenvalue weighted by atomic mass is 10.0. The van der Waals surface area contributed by atoms with Gasteiger partial charge in [0.15, 0.2) is 0 Å². The molecule has 0 bridgehead atoms. The topological polar surface area (TPSA) is 62.3 Å². The molecule has 128 valence electrons. The maximum Gasteiger partial charge on any atom is 0.230 e. The molecule has 0 radical (unpaired) electrons. The lowest BCUT2D eigenvalue weighted by Crippen LogP contribution is -2.23. The number of rotatable bonds is 5. The minimum atomic E-state index is -3.30. The lowest BCUT2D eigenvalue weighted by Gasteiger charge is -2.24. The first-order valence-corrected chi connectivity index (χ1v) is 10.1. The highest BCUT2D eigenvalue weighted by atomic mass is 32.2. The SMILES string of the molecule is CC(c1cccc(-c2ccc(NS(C)(=O)=O)nc2)c1)N1CCCC1. The van der Waals surface area contributed by atoms with Gasteiger partial charge in [-0.2, -0.15) is 0 Å². The third kappa shape index (κ3) is 4.13. The van der Waals surface area contributed by atoms with Gasteiger partial charge < -0.3 is 0 Å². The molecule has 1 aromatic heterocycles. The Bertz CT molecular complexity index is 797. The van der Waals surface area contributed by atoms with Crippen LogP contribution in [0.15, 0.2) is 42.6 Å². The molecule has 1 N–H and O–H groups in total. The average Bonchev–Trinajstić information content (AvgIpc) is 3.08. The molecule has 1 unspecified atom stereocenters. The molecule has 0 amide bonds. The molecule has 3 rings (SSSR count). The predicted octanol–water partition coefficient (Wildman–Crippen LogP) is 3.28. The van der Waals surface area contributed by atoms with Gasteiger partial charge in [-0.3, -0.25) is 9.62 Å². The summed E-state index contributed by atoms with van der Waals surface area (Å²) in [5.41, 5.74) is 3.37. The molecule has 24 heavy (non-hydrogen) atoms. The van der Waals surface area contributed by atoms with Crippen LogP contribution in [0.2, 0.25) is 0 Å². The van der Waals surface area contributed by atoms with E-state index in [1.54, 1.807) is 12.3 Å². The normalized spacial score (nSPS) is 16.9. The standard InChI is InChI=1S/C18H23N3O2S/c1-14(21-10-3-4-11-21)15-6-5-7-16(12-15)17-8-9-18(19-13-17)20-24(2,22)23/h5-9,12-14H,3-4,10-11H2,1-2H3,(H,19,20). The molecule has 1 aromatic carbocycles. The number of nitrogens with zero attached hydrogens (tertiary/aromatic N) is 2. The van der Waals surface area contributed by atoms with Crippen LogP contribution in [0.3, 0.4) is 0 Å². The van der Waals surface area contributed by atoms with E-state index in [-0.39, 0.29) is 0 Å². The van der Waals surface area contributed by atoms with Crippen molar-refractivity contribution in [1.82, 2.24) is 9.88 Å². The number of aromatic nitrogens is 1. The minimum Gasteiger partial charge on any atom is -0.297 e. The molecular formula is C18H23N3O2S. The number of anilines is 1. The van der Waals surface area contributed by atoms with E-state index in [9.17, 15) is 8.42 Å². The van der Waals surface area contributed by atoms with E-state index in [0.717, 1.165) is 17.4 Å². The summed E-state index contributed by atoms with van der Waals surface area (Å²) in [5, 5.41) is 0. The number of benzene rings is 1. The molecule has 0 aliphatic carbocycles. The first kappa shape index (κ1) is 16.9. The smallest absolute Gasteiger partial charge is 0.230 e. The largest absolute Gasteiger partial charge is 0.297 e. The summed E-state index contributed by atoms with van der Waals surface area (Å²) in [6.07, 6.45) is 5.38. The fourth-order valence-electron chi connectivity index (χ4n) is 3.13. The van der Waals surface area contributed by atoms with Crippen LogP contribution < -0.4 is 4.72 Å². The minimum absolute atomic E-state index is 0.336. The lowest BCUT2D eigenvalue weighted by molar-refractivity contribution is 0.263. The Kier molecular flexibility index (Phi) is 4.87. The van der Waals surface area contributed by atoms with Crippen LogP contribution in [-0.2, 0) is 10.0 Å². The van der Waals surface area contributed by atoms with Gasteiger partial charge in [-0.25, -0.2) is 13.4 Å². The van der Waals surface area contributed by atoms with Crippen molar-refractivity contribution in [3.05, 3.63) is 48.2 Å². The molecule has 1 fully saturated rings. The summed E-state index contributed by atoms with van der Waals surface area (Å²) in [6, 6.07) is 12.5. The summed E-state index contributed by atoms with van der Waals surface area (Å²) in [7, 11) is -3.30. The quantitative estimate of drug-likeness (QED) is 0.903. The Morgan fingerprint density at radius 1 is 1.12 bits per heavy atom. The highest BCUT2D eigenvalue weighted by Crippen LogP contribution is 2.28. The number of hydrogen-bond acceptors (Lipinski definition) is 4. The van der Waals surface area contributed by atoms with E-state index in [2.05, 4.69) is 45.8 Å². The van der Waals surface area contributed by atoms with E-state index in [4.69, 9.17) is 0 Å². The van der Waals surface area contributed by atoms with Crippen molar-refractivity contribution in [2.45, 2.75) is 25.8 Å². The molecule has 1 saturated heterocycles. The molecular weight excluding hydrogens is 322 g/mol. The van der Waals surface area contributed by atoms with Crippen LogP contribution in [0, 0.1) is 0 Å². The van der Waals surface area contributed by atoms with Gasteiger partial charge in [0.1, 0.15) is 5.82 Å². The van der Waals surface area contributed by atoms with Gasteiger partial charge in [0.05, 0.1) is 6.26 Å². The van der Waals surface area contributed by atoms with Crippen molar-refractivity contribution < 1.29 is 8.42 Å². The second-order valence-electron chi connectivity index (χ2n) is 6.35. The molecule has 1 atom stereocenters. The van der Waals surface area contributed by atoms with Crippen molar-refractivity contribution in [3.63, 3.8) is 0 Å². The Morgan fingerprint density at radius 3 is 2.50 bits per heavy atom. The summed E-state index contributed by atoms with van der Waals surface area (Å²) in [6.45, 7) is 4.58. The summed E-state index contributed by atoms with van der Waals surface area (Å²) in [4.78, 5) is 6.70. The maximum atomic E-state index is 11.2. The zero-order valence-electron chi connectivity index (χ0n) is 14.1. The summed E-state index contributed by atoms with van der Waals surface area (Å²) >= 11 is 0. The summed E-state index contributed by atoms with van der Waals surface area (Å²) in [5.74, 6) is 0.336. The van der Waals surface area contributed by atoms with Gasteiger partial charge in [-0.1, -0.05) is 18.2 Å². The fraction of sp³-hybridized carbons (Fsp3) is 0.389. The van der Waals surface area contributed by atoms with Crippen molar-refractivity contribution >= 4 is 15.8 Å². The highest BCUT2D eigenvalue weighted by molar-refractivity contribution is 7.92. The molecule has 1 aliphatic heterocycles. The van der Waals surface area contributed by atoms with Gasteiger partial charge in [0.2, 0.25) is 10.0 Å². The zero-order valence-corrected chi connectivity index (χ0v) is 14.9. The molecule has 0 saturated carbocycles. The first-order chi connectivity index (χ1) is 11.4. The van der Waals surface area contributed by atoms with Gasteiger partial charge in [-0.05, 0) is 62.2 Å². The van der Waals surface area contributed by atoms with Crippen LogP contribution >= 0.6 is 0 Å². The monoisotopic (exact) mass is 345 g/mol. The number of likely N-dealkylation sites (tertiary alicyclic amines) is 1. The van der Waals surface area contributed by atoms with E-state index >= 15 is 0 Å². The number of pyridine rings is 1.